The van der Waals surface area contributed by atoms with Gasteiger partial charge >= 0.3 is 0 Å². The molecule has 1 fully saturated rings. The van der Waals surface area contributed by atoms with Crippen LogP contribution in [0.4, 0.5) is 0 Å². The van der Waals surface area contributed by atoms with Gasteiger partial charge in [-0.1, -0.05) is 37.3 Å². The number of carbonyl (C=O) groups is 1. The van der Waals surface area contributed by atoms with E-state index in [0.717, 1.165) is 57.9 Å². The van der Waals surface area contributed by atoms with E-state index >= 15 is 0 Å². The first-order chi connectivity index (χ1) is 11.7. The van der Waals surface area contributed by atoms with E-state index in [1.54, 1.807) is 0 Å². The number of benzene rings is 1. The molecular weight excluding hydrogens is 300 g/mol. The summed E-state index contributed by atoms with van der Waals surface area (Å²) in [5, 5.41) is 6.65. The van der Waals surface area contributed by atoms with Gasteiger partial charge in [0.15, 0.2) is 5.96 Å². The highest BCUT2D eigenvalue weighted by Crippen LogP contribution is 2.14. The fraction of sp³-hybridized carbons (Fsp3) is 0.579. The van der Waals surface area contributed by atoms with Gasteiger partial charge in [0.1, 0.15) is 0 Å². The van der Waals surface area contributed by atoms with E-state index < -0.39 is 0 Å². The highest BCUT2D eigenvalue weighted by Gasteiger charge is 2.18. The van der Waals surface area contributed by atoms with E-state index in [4.69, 9.17) is 0 Å². The summed E-state index contributed by atoms with van der Waals surface area (Å²) < 4.78 is 0. The molecule has 2 N–H and O–H groups in total. The van der Waals surface area contributed by atoms with Crippen molar-refractivity contribution in [3.63, 3.8) is 0 Å². The molecule has 0 spiro atoms. The monoisotopic (exact) mass is 330 g/mol. The van der Waals surface area contributed by atoms with Crippen molar-refractivity contribution in [3.8, 4) is 0 Å². The summed E-state index contributed by atoms with van der Waals surface area (Å²) in [6.07, 6.45) is 2.67. The summed E-state index contributed by atoms with van der Waals surface area (Å²) in [4.78, 5) is 18.2. The molecule has 0 saturated carbocycles. The first kappa shape index (κ1) is 18.3. The third kappa shape index (κ3) is 5.87. The van der Waals surface area contributed by atoms with Gasteiger partial charge in [0.05, 0.1) is 0 Å². The van der Waals surface area contributed by atoms with Crippen molar-refractivity contribution in [2.45, 2.75) is 39.0 Å². The summed E-state index contributed by atoms with van der Waals surface area (Å²) in [6.45, 7) is 8.45. The van der Waals surface area contributed by atoms with Crippen molar-refractivity contribution >= 4 is 11.9 Å². The third-order valence-electron chi connectivity index (χ3n) is 4.30. The minimum absolute atomic E-state index is 0.298. The highest BCUT2D eigenvalue weighted by atomic mass is 16.2. The molecule has 1 heterocycles. The lowest BCUT2D eigenvalue weighted by molar-refractivity contribution is -0.127. The molecular formula is C19H30N4O. The molecule has 1 aliphatic heterocycles. The summed E-state index contributed by atoms with van der Waals surface area (Å²) in [5.41, 5.74) is 1.31. The predicted octanol–water partition coefficient (Wildman–Crippen LogP) is 2.36. The van der Waals surface area contributed by atoms with E-state index in [1.807, 2.05) is 11.0 Å². The van der Waals surface area contributed by atoms with Gasteiger partial charge in [-0.15, -0.1) is 0 Å². The van der Waals surface area contributed by atoms with Gasteiger partial charge in [-0.25, -0.2) is 0 Å². The molecule has 1 saturated heterocycles. The SMILES string of the molecule is CCNC(=NCC(C)c1ccccc1)NCCCN1CCCC1=O. The smallest absolute Gasteiger partial charge is 0.222 e. The Hall–Kier alpha value is -2.04. The minimum Gasteiger partial charge on any atom is -0.357 e. The number of guanidine groups is 1. The second kappa shape index (κ2) is 9.96. The lowest BCUT2D eigenvalue weighted by atomic mass is 10.0. The van der Waals surface area contributed by atoms with Gasteiger partial charge in [-0.05, 0) is 25.3 Å². The second-order valence-corrected chi connectivity index (χ2v) is 6.30. The van der Waals surface area contributed by atoms with Crippen LogP contribution in [-0.2, 0) is 4.79 Å². The molecule has 132 valence electrons. The Balaban J connectivity index is 1.74. The van der Waals surface area contributed by atoms with Gasteiger partial charge in [0.25, 0.3) is 0 Å². The number of nitrogens with zero attached hydrogens (tertiary/aromatic N) is 2. The number of aliphatic imine (C=N–C) groups is 1. The Morgan fingerprint density at radius 2 is 2.08 bits per heavy atom. The van der Waals surface area contributed by atoms with Crippen LogP contribution in [0.3, 0.4) is 0 Å². The molecule has 1 amide bonds. The van der Waals surface area contributed by atoms with Gasteiger partial charge in [0, 0.05) is 45.1 Å². The molecule has 1 aromatic rings. The number of likely N-dealkylation sites (tertiary alicyclic amines) is 1. The molecule has 0 aliphatic carbocycles. The van der Waals surface area contributed by atoms with Gasteiger partial charge < -0.3 is 15.5 Å². The molecule has 1 aliphatic rings. The molecule has 1 unspecified atom stereocenters. The normalized spacial score (nSPS) is 16.3. The zero-order chi connectivity index (χ0) is 17.2. The molecule has 1 aromatic carbocycles. The predicted molar refractivity (Wildman–Crippen MR) is 99.3 cm³/mol. The zero-order valence-corrected chi connectivity index (χ0v) is 14.9. The summed E-state index contributed by atoms with van der Waals surface area (Å²) in [6, 6.07) is 10.5. The fourth-order valence-electron chi connectivity index (χ4n) is 2.87. The van der Waals surface area contributed by atoms with Crippen LogP contribution in [0.5, 0.6) is 0 Å². The van der Waals surface area contributed by atoms with Gasteiger partial charge in [-0.3, -0.25) is 9.79 Å². The average Bonchev–Trinajstić information content (AvgIpc) is 3.02. The van der Waals surface area contributed by atoms with Crippen LogP contribution in [0.2, 0.25) is 0 Å². The van der Waals surface area contributed by atoms with Crippen LogP contribution in [0.25, 0.3) is 0 Å². The number of amides is 1. The summed E-state index contributed by atoms with van der Waals surface area (Å²) in [7, 11) is 0. The van der Waals surface area contributed by atoms with Crippen LogP contribution < -0.4 is 10.6 Å². The first-order valence-electron chi connectivity index (χ1n) is 9.05. The van der Waals surface area contributed by atoms with Gasteiger partial charge in [-0.2, -0.15) is 0 Å². The number of hydrogen-bond donors (Lipinski definition) is 2. The quantitative estimate of drug-likeness (QED) is 0.437. The molecule has 0 aromatic heterocycles. The fourth-order valence-corrected chi connectivity index (χ4v) is 2.87. The van der Waals surface area contributed by atoms with E-state index in [2.05, 4.69) is 53.7 Å². The zero-order valence-electron chi connectivity index (χ0n) is 14.9. The number of hydrogen-bond acceptors (Lipinski definition) is 2. The molecule has 5 nitrogen and oxygen atoms in total. The Labute approximate surface area is 145 Å². The third-order valence-corrected chi connectivity index (χ3v) is 4.30. The van der Waals surface area contributed by atoms with Crippen LogP contribution in [0, 0.1) is 0 Å². The molecule has 0 radical (unpaired) electrons. The Bertz CT molecular complexity index is 529. The maximum Gasteiger partial charge on any atom is 0.222 e. The molecule has 24 heavy (non-hydrogen) atoms. The van der Waals surface area contributed by atoms with Crippen molar-refractivity contribution in [1.29, 1.82) is 0 Å². The molecule has 2 rings (SSSR count). The summed E-state index contributed by atoms with van der Waals surface area (Å²) in [5.74, 6) is 1.55. The van der Waals surface area contributed by atoms with Crippen molar-refractivity contribution in [1.82, 2.24) is 15.5 Å². The van der Waals surface area contributed by atoms with Crippen LogP contribution in [0.1, 0.15) is 44.6 Å². The Morgan fingerprint density at radius 3 is 2.75 bits per heavy atom. The molecule has 0 bridgehead atoms. The van der Waals surface area contributed by atoms with Crippen LogP contribution in [-0.4, -0.2) is 49.5 Å². The van der Waals surface area contributed by atoms with Crippen LogP contribution >= 0.6 is 0 Å². The number of rotatable bonds is 8. The van der Waals surface area contributed by atoms with E-state index in [9.17, 15) is 4.79 Å². The van der Waals surface area contributed by atoms with Crippen molar-refractivity contribution in [3.05, 3.63) is 35.9 Å². The Morgan fingerprint density at radius 1 is 1.29 bits per heavy atom. The number of carbonyl (C=O) groups excluding carboxylic acids is 1. The first-order valence-corrected chi connectivity index (χ1v) is 9.05. The summed E-state index contributed by atoms with van der Waals surface area (Å²) >= 11 is 0. The lowest BCUT2D eigenvalue weighted by Crippen LogP contribution is -2.39. The highest BCUT2D eigenvalue weighted by molar-refractivity contribution is 5.80. The van der Waals surface area contributed by atoms with E-state index in [-0.39, 0.29) is 0 Å². The maximum atomic E-state index is 11.6. The van der Waals surface area contributed by atoms with Crippen molar-refractivity contribution in [2.24, 2.45) is 4.99 Å². The lowest BCUT2D eigenvalue weighted by Gasteiger charge is -2.17. The molecule has 5 heteroatoms. The minimum atomic E-state index is 0.298. The molecule has 1 atom stereocenters. The van der Waals surface area contributed by atoms with Crippen LogP contribution in [0.15, 0.2) is 35.3 Å². The van der Waals surface area contributed by atoms with E-state index in [1.165, 1.54) is 5.56 Å². The van der Waals surface area contributed by atoms with E-state index in [0.29, 0.717) is 11.8 Å². The maximum absolute atomic E-state index is 11.6. The second-order valence-electron chi connectivity index (χ2n) is 6.30. The van der Waals surface area contributed by atoms with Crippen molar-refractivity contribution in [2.75, 3.05) is 32.7 Å². The van der Waals surface area contributed by atoms with Crippen molar-refractivity contribution < 1.29 is 4.79 Å². The topological polar surface area (TPSA) is 56.7 Å². The number of nitrogens with one attached hydrogen (secondary N) is 2. The standard InChI is InChI=1S/C19H30N4O/c1-3-20-19(21-12-8-14-23-13-7-11-18(23)24)22-15-16(2)17-9-5-4-6-10-17/h4-6,9-10,16H,3,7-8,11-15H2,1-2H3,(H2,20,21,22). The largest absolute Gasteiger partial charge is 0.357 e. The average molecular weight is 330 g/mol. The van der Waals surface area contributed by atoms with Gasteiger partial charge in [0.2, 0.25) is 5.91 Å². The Kier molecular flexibility index (Phi) is 7.59.